The van der Waals surface area contributed by atoms with Crippen molar-refractivity contribution >= 4 is 33.0 Å². The maximum Gasteiger partial charge on any atom is 0.277 e. The number of nitrogens with one attached hydrogen (secondary N) is 2. The Hall–Kier alpha value is -3.53. The van der Waals surface area contributed by atoms with Crippen LogP contribution in [0, 0.1) is 0 Å². The molecule has 5 rings (SSSR count). The Kier molecular flexibility index (Phi) is 6.38. The lowest BCUT2D eigenvalue weighted by Gasteiger charge is -2.30. The number of sulfonamides is 1. The summed E-state index contributed by atoms with van der Waals surface area (Å²) in [5.41, 5.74) is 1.57. The predicted molar refractivity (Wildman–Crippen MR) is 133 cm³/mol. The van der Waals surface area contributed by atoms with Gasteiger partial charge in [0.1, 0.15) is 16.4 Å². The highest BCUT2D eigenvalue weighted by molar-refractivity contribution is 7.92. The topological polar surface area (TPSA) is 114 Å². The molecule has 1 aromatic heterocycles. The molecule has 1 aliphatic heterocycles. The van der Waals surface area contributed by atoms with E-state index in [1.165, 1.54) is 6.07 Å². The molecule has 10 heteroatoms. The number of amides is 1. The smallest absolute Gasteiger partial charge is 0.277 e. The van der Waals surface area contributed by atoms with Gasteiger partial charge in [-0.05, 0) is 74.6 Å². The lowest BCUT2D eigenvalue weighted by Crippen LogP contribution is -2.31. The summed E-state index contributed by atoms with van der Waals surface area (Å²) in [6, 6.07) is 13.3. The van der Waals surface area contributed by atoms with Crippen molar-refractivity contribution < 1.29 is 22.5 Å². The first-order chi connectivity index (χ1) is 16.9. The Balaban J connectivity index is 1.43. The van der Waals surface area contributed by atoms with E-state index in [0.29, 0.717) is 34.5 Å². The molecule has 2 heterocycles. The third-order valence-electron chi connectivity index (χ3n) is 6.29. The van der Waals surface area contributed by atoms with Crippen LogP contribution in [-0.2, 0) is 10.0 Å². The third-order valence-corrected chi connectivity index (χ3v) is 7.70. The van der Waals surface area contributed by atoms with E-state index < -0.39 is 15.9 Å². The molecule has 0 bridgehead atoms. The molecule has 0 atom stereocenters. The van der Waals surface area contributed by atoms with Crippen LogP contribution in [0.5, 0.6) is 5.75 Å². The van der Waals surface area contributed by atoms with Crippen LogP contribution in [0.2, 0.25) is 0 Å². The van der Waals surface area contributed by atoms with Crippen molar-refractivity contribution in [2.75, 3.05) is 35.1 Å². The highest BCUT2D eigenvalue weighted by Crippen LogP contribution is 2.40. The van der Waals surface area contributed by atoms with E-state index in [2.05, 4.69) is 20.1 Å². The van der Waals surface area contributed by atoms with Crippen molar-refractivity contribution in [3.63, 3.8) is 0 Å². The first-order valence-electron chi connectivity index (χ1n) is 11.8. The van der Waals surface area contributed by atoms with Crippen LogP contribution in [0.3, 0.4) is 0 Å². The van der Waals surface area contributed by atoms with Crippen LogP contribution < -0.4 is 19.7 Å². The van der Waals surface area contributed by atoms with Crippen LogP contribution in [-0.4, -0.2) is 39.7 Å². The number of rotatable bonds is 8. The SMILES string of the molecule is COc1ccc(NS(=O)(=O)c2cc(NC(=O)c3cc(C4CC4)on3)ccc2N2CCCCC2)cc1. The molecule has 9 nitrogen and oxygen atoms in total. The number of hydrogen-bond acceptors (Lipinski definition) is 7. The lowest BCUT2D eigenvalue weighted by molar-refractivity contribution is 0.101. The molecule has 184 valence electrons. The van der Waals surface area contributed by atoms with Crippen molar-refractivity contribution in [2.24, 2.45) is 0 Å². The van der Waals surface area contributed by atoms with Gasteiger partial charge in [-0.3, -0.25) is 9.52 Å². The Morgan fingerprint density at radius 3 is 2.43 bits per heavy atom. The fourth-order valence-electron chi connectivity index (χ4n) is 4.22. The van der Waals surface area contributed by atoms with Crippen molar-refractivity contribution in [3.05, 3.63) is 60.0 Å². The Bertz CT molecular complexity index is 1310. The number of aromatic nitrogens is 1. The summed E-state index contributed by atoms with van der Waals surface area (Å²) in [6.45, 7) is 1.55. The second-order valence-electron chi connectivity index (χ2n) is 8.91. The van der Waals surface area contributed by atoms with Gasteiger partial charge < -0.3 is 19.5 Å². The second kappa shape index (κ2) is 9.61. The number of piperidine rings is 1. The molecule has 2 N–H and O–H groups in total. The van der Waals surface area contributed by atoms with Crippen LogP contribution in [0.1, 0.15) is 54.3 Å². The van der Waals surface area contributed by atoms with Gasteiger partial charge in [0.2, 0.25) is 0 Å². The van der Waals surface area contributed by atoms with Gasteiger partial charge in [0, 0.05) is 36.4 Å². The molecule has 1 amide bonds. The fourth-order valence-corrected chi connectivity index (χ4v) is 5.54. The lowest BCUT2D eigenvalue weighted by atomic mass is 10.1. The normalized spacial score (nSPS) is 16.1. The van der Waals surface area contributed by atoms with Crippen LogP contribution in [0.4, 0.5) is 17.1 Å². The van der Waals surface area contributed by atoms with E-state index >= 15 is 0 Å². The van der Waals surface area contributed by atoms with E-state index in [1.54, 1.807) is 49.6 Å². The van der Waals surface area contributed by atoms with Gasteiger partial charge in [0.15, 0.2) is 5.69 Å². The number of carbonyl (C=O) groups is 1. The average molecular weight is 497 g/mol. The summed E-state index contributed by atoms with van der Waals surface area (Å²) in [4.78, 5) is 14.9. The monoisotopic (exact) mass is 496 g/mol. The molecule has 1 aliphatic carbocycles. The van der Waals surface area contributed by atoms with Gasteiger partial charge >= 0.3 is 0 Å². The molecule has 1 saturated heterocycles. The maximum atomic E-state index is 13.5. The molecule has 35 heavy (non-hydrogen) atoms. The Labute approximate surface area is 204 Å². The number of nitrogens with zero attached hydrogens (tertiary/aromatic N) is 2. The number of benzene rings is 2. The van der Waals surface area contributed by atoms with Crippen molar-refractivity contribution in [1.29, 1.82) is 0 Å². The molecule has 0 unspecified atom stereocenters. The summed E-state index contributed by atoms with van der Waals surface area (Å²) in [5, 5.41) is 6.63. The highest BCUT2D eigenvalue weighted by Gasteiger charge is 2.29. The summed E-state index contributed by atoms with van der Waals surface area (Å²) >= 11 is 0. The Morgan fingerprint density at radius 1 is 1.03 bits per heavy atom. The summed E-state index contributed by atoms with van der Waals surface area (Å²) < 4.78 is 40.1. The van der Waals surface area contributed by atoms with E-state index in [0.717, 1.165) is 45.2 Å². The van der Waals surface area contributed by atoms with E-state index in [9.17, 15) is 13.2 Å². The van der Waals surface area contributed by atoms with Gasteiger partial charge in [-0.15, -0.1) is 0 Å². The zero-order chi connectivity index (χ0) is 24.4. The summed E-state index contributed by atoms with van der Waals surface area (Å²) in [7, 11) is -2.40. The van der Waals surface area contributed by atoms with E-state index in [1.807, 2.05) is 0 Å². The maximum absolute atomic E-state index is 13.5. The minimum absolute atomic E-state index is 0.104. The standard InChI is InChI=1S/C25H28N4O5S/c1-33-20-10-7-18(8-11-20)28-35(31,32)24-15-19(9-12-22(24)29-13-3-2-4-14-29)26-25(30)21-16-23(34-27-21)17-5-6-17/h7-12,15-17,28H,2-6,13-14H2,1H3,(H,26,30). The second-order valence-corrected chi connectivity index (χ2v) is 10.6. The third kappa shape index (κ3) is 5.27. The quantitative estimate of drug-likeness (QED) is 0.468. The number of hydrogen-bond donors (Lipinski definition) is 2. The van der Waals surface area contributed by atoms with Gasteiger partial charge in [-0.25, -0.2) is 8.42 Å². The average Bonchev–Trinajstić information content (AvgIpc) is 3.60. The molecule has 3 aromatic rings. The van der Waals surface area contributed by atoms with Crippen molar-refractivity contribution in [2.45, 2.75) is 42.9 Å². The largest absolute Gasteiger partial charge is 0.497 e. The summed E-state index contributed by atoms with van der Waals surface area (Å²) in [5.74, 6) is 1.23. The molecule has 1 saturated carbocycles. The Morgan fingerprint density at radius 2 is 1.74 bits per heavy atom. The molecule has 2 aromatic carbocycles. The predicted octanol–water partition coefficient (Wildman–Crippen LogP) is 4.60. The first kappa shape index (κ1) is 23.2. The highest BCUT2D eigenvalue weighted by atomic mass is 32.2. The number of ether oxygens (including phenoxy) is 1. The van der Waals surface area contributed by atoms with Crippen LogP contribution in [0.15, 0.2) is 57.9 Å². The van der Waals surface area contributed by atoms with Gasteiger partial charge in [-0.1, -0.05) is 5.16 Å². The number of anilines is 3. The van der Waals surface area contributed by atoms with E-state index in [4.69, 9.17) is 9.26 Å². The minimum Gasteiger partial charge on any atom is -0.497 e. The van der Waals surface area contributed by atoms with Gasteiger partial charge in [-0.2, -0.15) is 0 Å². The zero-order valence-electron chi connectivity index (χ0n) is 19.5. The van der Waals surface area contributed by atoms with Crippen LogP contribution in [0.25, 0.3) is 0 Å². The minimum atomic E-state index is -3.95. The molecule has 2 aliphatic rings. The number of carbonyl (C=O) groups excluding carboxylic acids is 1. The van der Waals surface area contributed by atoms with Crippen molar-refractivity contribution in [1.82, 2.24) is 5.16 Å². The van der Waals surface area contributed by atoms with Crippen LogP contribution >= 0.6 is 0 Å². The van der Waals surface area contributed by atoms with Crippen molar-refractivity contribution in [3.8, 4) is 5.75 Å². The fraction of sp³-hybridized carbons (Fsp3) is 0.360. The number of methoxy groups -OCH3 is 1. The van der Waals surface area contributed by atoms with E-state index in [-0.39, 0.29) is 10.6 Å². The first-order valence-corrected chi connectivity index (χ1v) is 13.2. The molecule has 2 fully saturated rings. The van der Waals surface area contributed by atoms with Gasteiger partial charge in [0.05, 0.1) is 12.8 Å². The molecule has 0 radical (unpaired) electrons. The molecule has 0 spiro atoms. The summed E-state index contributed by atoms with van der Waals surface area (Å²) in [6.07, 6.45) is 5.20. The van der Waals surface area contributed by atoms with Gasteiger partial charge in [0.25, 0.3) is 15.9 Å². The molecular formula is C25H28N4O5S. The zero-order valence-corrected chi connectivity index (χ0v) is 20.3. The molecular weight excluding hydrogens is 468 g/mol.